The summed E-state index contributed by atoms with van der Waals surface area (Å²) in [4.78, 5) is 0. The number of hydrogen-bond donors (Lipinski definition) is 0. The van der Waals surface area contributed by atoms with Gasteiger partial charge in [0.2, 0.25) is 0 Å². The molecule has 0 aliphatic rings. The fourth-order valence-electron chi connectivity index (χ4n) is 0.727. The van der Waals surface area contributed by atoms with E-state index in [9.17, 15) is 17.6 Å². The number of benzene rings is 1. The van der Waals surface area contributed by atoms with Crippen LogP contribution in [0.1, 0.15) is 0 Å². The summed E-state index contributed by atoms with van der Waals surface area (Å²) in [5.41, 5.74) is 0. The Morgan fingerprint density at radius 3 is 2.43 bits per heavy atom. The van der Waals surface area contributed by atoms with E-state index in [1.54, 1.807) is 6.07 Å². The third-order valence-electron chi connectivity index (χ3n) is 1.29. The average Bonchev–Trinajstić information content (AvgIpc) is 2.02. The normalized spacial score (nSPS) is 13.8. The second-order valence-electron chi connectivity index (χ2n) is 2.43. The Morgan fingerprint density at radius 2 is 1.93 bits per heavy atom. The zero-order valence-corrected chi connectivity index (χ0v) is 8.27. The molecule has 0 heterocycles. The Morgan fingerprint density at radius 1 is 1.29 bits per heavy atom. The molecule has 6 heteroatoms. The van der Waals surface area contributed by atoms with Crippen molar-refractivity contribution in [1.29, 1.82) is 0 Å². The van der Waals surface area contributed by atoms with Crippen LogP contribution in [0.2, 0.25) is 0 Å². The van der Waals surface area contributed by atoms with Crippen molar-refractivity contribution in [3.05, 3.63) is 28.7 Å². The van der Waals surface area contributed by atoms with E-state index >= 15 is 0 Å². The lowest BCUT2D eigenvalue weighted by atomic mass is 10.3. The number of hydrogen-bond acceptors (Lipinski definition) is 1. The lowest BCUT2D eigenvalue weighted by Gasteiger charge is -2.14. The molecule has 78 valence electrons. The predicted octanol–water partition coefficient (Wildman–Crippen LogP) is 3.69. The van der Waals surface area contributed by atoms with Gasteiger partial charge in [0.25, 0.3) is 0 Å². The molecule has 0 N–H and O–H groups in total. The molecule has 0 saturated heterocycles. The highest BCUT2D eigenvalue weighted by Crippen LogP contribution is 2.27. The van der Waals surface area contributed by atoms with Crippen molar-refractivity contribution in [3.8, 4) is 5.75 Å². The second kappa shape index (κ2) is 4.16. The topological polar surface area (TPSA) is 9.23 Å². The van der Waals surface area contributed by atoms with Crippen LogP contribution in [-0.4, -0.2) is 12.5 Å². The maximum Gasteiger partial charge on any atom is 0.457 e. The molecule has 0 aliphatic carbocycles. The van der Waals surface area contributed by atoms with Crippen molar-refractivity contribution in [2.24, 2.45) is 0 Å². The molecule has 1 rings (SSSR count). The maximum absolute atomic E-state index is 12.4. The largest absolute Gasteiger partial charge is 0.457 e. The number of halogens is 5. The van der Waals surface area contributed by atoms with Gasteiger partial charge in [-0.2, -0.15) is 17.6 Å². The van der Waals surface area contributed by atoms with Crippen LogP contribution >= 0.6 is 15.9 Å². The van der Waals surface area contributed by atoms with E-state index in [-0.39, 0.29) is 5.75 Å². The molecule has 1 unspecified atom stereocenters. The Hall–Kier alpha value is -0.780. The average molecular weight is 273 g/mol. The van der Waals surface area contributed by atoms with E-state index in [1.807, 2.05) is 0 Å². The Bertz CT molecular complexity index is 312. The van der Waals surface area contributed by atoms with Crippen LogP contribution in [0, 0.1) is 0 Å². The molecular formula is C8H5BrF4O. The van der Waals surface area contributed by atoms with Gasteiger partial charge in [0, 0.05) is 4.47 Å². The van der Waals surface area contributed by atoms with Gasteiger partial charge >= 0.3 is 12.5 Å². The van der Waals surface area contributed by atoms with E-state index in [2.05, 4.69) is 20.7 Å². The van der Waals surface area contributed by atoms with Crippen LogP contribution in [0.25, 0.3) is 0 Å². The first kappa shape index (κ1) is 11.3. The molecule has 0 spiro atoms. The Kier molecular flexibility index (Phi) is 3.36. The maximum atomic E-state index is 12.4. The monoisotopic (exact) mass is 272 g/mol. The number of rotatable bonds is 2. The zero-order chi connectivity index (χ0) is 10.8. The number of alkyl halides is 4. The second-order valence-corrected chi connectivity index (χ2v) is 3.35. The lowest BCUT2D eigenvalue weighted by Crippen LogP contribution is -2.29. The van der Waals surface area contributed by atoms with Gasteiger partial charge < -0.3 is 4.74 Å². The highest BCUT2D eigenvalue weighted by atomic mass is 79.9. The fraction of sp³-hybridized carbons (Fsp3) is 0.250. The zero-order valence-electron chi connectivity index (χ0n) is 6.68. The SMILES string of the molecule is FC(Oc1cccc(Br)c1)C(F)(F)F. The van der Waals surface area contributed by atoms with Crippen LogP contribution in [0.4, 0.5) is 17.6 Å². The van der Waals surface area contributed by atoms with Gasteiger partial charge in [0.1, 0.15) is 5.75 Å². The molecule has 0 fully saturated rings. The van der Waals surface area contributed by atoms with Gasteiger partial charge in [-0.15, -0.1) is 0 Å². The molecule has 1 aromatic carbocycles. The van der Waals surface area contributed by atoms with Crippen LogP contribution in [0.3, 0.4) is 0 Å². The smallest absolute Gasteiger partial charge is 0.452 e. The quantitative estimate of drug-likeness (QED) is 0.747. The highest BCUT2D eigenvalue weighted by molar-refractivity contribution is 9.10. The summed E-state index contributed by atoms with van der Waals surface area (Å²) in [7, 11) is 0. The molecule has 1 atom stereocenters. The van der Waals surface area contributed by atoms with Crippen molar-refractivity contribution >= 4 is 15.9 Å². The molecule has 0 aromatic heterocycles. The lowest BCUT2D eigenvalue weighted by molar-refractivity contribution is -0.236. The van der Waals surface area contributed by atoms with Crippen LogP contribution < -0.4 is 4.74 Å². The number of ether oxygens (including phenoxy) is 1. The van der Waals surface area contributed by atoms with Gasteiger partial charge in [-0.1, -0.05) is 22.0 Å². The molecule has 0 bridgehead atoms. The van der Waals surface area contributed by atoms with Gasteiger partial charge in [-0.25, -0.2) is 0 Å². The first-order chi connectivity index (χ1) is 6.39. The predicted molar refractivity (Wildman–Crippen MR) is 45.7 cm³/mol. The molecule has 0 saturated carbocycles. The summed E-state index contributed by atoms with van der Waals surface area (Å²) in [6.07, 6.45) is -8.29. The molecule has 14 heavy (non-hydrogen) atoms. The molecule has 1 nitrogen and oxygen atoms in total. The molecule has 1 aromatic rings. The molecule has 0 radical (unpaired) electrons. The summed E-state index contributed by atoms with van der Waals surface area (Å²) in [5, 5.41) is 0. The van der Waals surface area contributed by atoms with Crippen molar-refractivity contribution in [1.82, 2.24) is 0 Å². The summed E-state index contributed by atoms with van der Waals surface area (Å²) in [6, 6.07) is 5.53. The van der Waals surface area contributed by atoms with E-state index in [0.717, 1.165) is 0 Å². The van der Waals surface area contributed by atoms with Crippen LogP contribution in [0.15, 0.2) is 28.7 Å². The molecular weight excluding hydrogens is 268 g/mol. The van der Waals surface area contributed by atoms with E-state index in [4.69, 9.17) is 0 Å². The summed E-state index contributed by atoms with van der Waals surface area (Å²) in [6.45, 7) is 0. The van der Waals surface area contributed by atoms with Crippen molar-refractivity contribution in [2.75, 3.05) is 0 Å². The minimum absolute atomic E-state index is 0.177. The van der Waals surface area contributed by atoms with Gasteiger partial charge in [0.15, 0.2) is 0 Å². The fourth-order valence-corrected chi connectivity index (χ4v) is 1.10. The van der Waals surface area contributed by atoms with Crippen LogP contribution in [0.5, 0.6) is 5.75 Å². The minimum Gasteiger partial charge on any atom is -0.452 e. The van der Waals surface area contributed by atoms with Crippen molar-refractivity contribution < 1.29 is 22.3 Å². The summed E-state index contributed by atoms with van der Waals surface area (Å²) >= 11 is 3.02. The third kappa shape index (κ3) is 3.17. The van der Waals surface area contributed by atoms with Crippen molar-refractivity contribution in [3.63, 3.8) is 0 Å². The first-order valence-electron chi connectivity index (χ1n) is 3.52. The first-order valence-corrected chi connectivity index (χ1v) is 4.32. The van der Waals surface area contributed by atoms with Gasteiger partial charge in [-0.3, -0.25) is 0 Å². The van der Waals surface area contributed by atoms with Crippen LogP contribution in [-0.2, 0) is 0 Å². The van der Waals surface area contributed by atoms with E-state index in [1.165, 1.54) is 18.2 Å². The minimum atomic E-state index is -5.00. The Balaban J connectivity index is 2.70. The summed E-state index contributed by atoms with van der Waals surface area (Å²) in [5.74, 6) is -0.177. The van der Waals surface area contributed by atoms with Gasteiger partial charge in [-0.05, 0) is 18.2 Å². The van der Waals surface area contributed by atoms with E-state index < -0.39 is 12.5 Å². The third-order valence-corrected chi connectivity index (χ3v) is 1.79. The summed E-state index contributed by atoms with van der Waals surface area (Å²) < 4.78 is 52.1. The van der Waals surface area contributed by atoms with Gasteiger partial charge in [0.05, 0.1) is 0 Å². The Labute approximate surface area is 85.8 Å². The highest BCUT2D eigenvalue weighted by Gasteiger charge is 2.42. The molecule has 0 amide bonds. The molecule has 0 aliphatic heterocycles. The van der Waals surface area contributed by atoms with E-state index in [0.29, 0.717) is 4.47 Å². The standard InChI is InChI=1S/C8H5BrF4O/c9-5-2-1-3-6(4-5)14-7(10)8(11,12)13/h1-4,7H. The van der Waals surface area contributed by atoms with Crippen molar-refractivity contribution in [2.45, 2.75) is 12.5 Å².